The molecule has 0 saturated carbocycles. The molecule has 2 rings (SSSR count). The van der Waals surface area contributed by atoms with Gasteiger partial charge in [0.15, 0.2) is 0 Å². The minimum Gasteiger partial charge on any atom is -0.491 e. The van der Waals surface area contributed by atoms with Crippen molar-refractivity contribution >= 4 is 0 Å². The molecule has 0 bridgehead atoms. The zero-order chi connectivity index (χ0) is 14.9. The molecule has 0 aliphatic rings. The summed E-state index contributed by atoms with van der Waals surface area (Å²) in [4.78, 5) is 0. The van der Waals surface area contributed by atoms with Gasteiger partial charge in [-0.05, 0) is 18.1 Å². The molecule has 2 heteroatoms. The fourth-order valence-electron chi connectivity index (χ4n) is 2.43. The van der Waals surface area contributed by atoms with Gasteiger partial charge in [0.25, 0.3) is 0 Å². The summed E-state index contributed by atoms with van der Waals surface area (Å²) in [5.41, 5.74) is 2.47. The average Bonchev–Trinajstić information content (AvgIpc) is 2.54. The Balaban J connectivity index is 2.29. The van der Waals surface area contributed by atoms with E-state index in [4.69, 9.17) is 9.47 Å². The van der Waals surface area contributed by atoms with Gasteiger partial charge in [0, 0.05) is 18.6 Å². The number of rotatable bonds is 8. The Kier molecular flexibility index (Phi) is 6.04. The molecule has 0 N–H and O–H groups in total. The smallest absolute Gasteiger partial charge is 0.123 e. The van der Waals surface area contributed by atoms with Crippen LogP contribution in [-0.4, -0.2) is 20.3 Å². The lowest BCUT2D eigenvalue weighted by molar-refractivity contribution is 0.145. The van der Waals surface area contributed by atoms with Gasteiger partial charge in [-0.25, -0.2) is 0 Å². The van der Waals surface area contributed by atoms with Crippen LogP contribution in [0.1, 0.15) is 23.5 Å². The zero-order valence-electron chi connectivity index (χ0n) is 12.5. The van der Waals surface area contributed by atoms with E-state index in [9.17, 15) is 0 Å². The highest BCUT2D eigenvalue weighted by atomic mass is 16.5. The minimum absolute atomic E-state index is 0.266. The second-order valence-electron chi connectivity index (χ2n) is 4.87. The van der Waals surface area contributed by atoms with Crippen molar-refractivity contribution in [3.05, 3.63) is 78.4 Å². The summed E-state index contributed by atoms with van der Waals surface area (Å²) in [5, 5.41) is 0. The van der Waals surface area contributed by atoms with Crippen molar-refractivity contribution in [2.75, 3.05) is 20.3 Å². The maximum atomic E-state index is 5.87. The Labute approximate surface area is 127 Å². The second-order valence-corrected chi connectivity index (χ2v) is 4.87. The SMILES string of the molecule is C=CC[C@H](c1ccccc1)c1ccccc1OCCOC. The molecule has 2 aromatic carbocycles. The number of para-hydroxylation sites is 1. The van der Waals surface area contributed by atoms with Gasteiger partial charge in [-0.15, -0.1) is 6.58 Å². The van der Waals surface area contributed by atoms with Crippen LogP contribution < -0.4 is 4.74 Å². The van der Waals surface area contributed by atoms with E-state index in [1.807, 2.05) is 24.3 Å². The molecule has 0 amide bonds. The van der Waals surface area contributed by atoms with Crippen LogP contribution in [0.4, 0.5) is 0 Å². The van der Waals surface area contributed by atoms with Crippen molar-refractivity contribution < 1.29 is 9.47 Å². The summed E-state index contributed by atoms with van der Waals surface area (Å²) in [7, 11) is 1.68. The molecule has 2 aromatic rings. The van der Waals surface area contributed by atoms with E-state index in [2.05, 4.69) is 43.0 Å². The topological polar surface area (TPSA) is 18.5 Å². The third kappa shape index (κ3) is 4.20. The number of benzene rings is 2. The van der Waals surface area contributed by atoms with E-state index in [1.165, 1.54) is 11.1 Å². The molecule has 0 aliphatic heterocycles. The summed E-state index contributed by atoms with van der Waals surface area (Å²) in [6.45, 7) is 5.04. The van der Waals surface area contributed by atoms with Crippen LogP contribution in [0.5, 0.6) is 5.75 Å². The van der Waals surface area contributed by atoms with Crippen LogP contribution in [0, 0.1) is 0 Å². The largest absolute Gasteiger partial charge is 0.491 e. The van der Waals surface area contributed by atoms with Gasteiger partial charge in [-0.3, -0.25) is 0 Å². The van der Waals surface area contributed by atoms with Crippen LogP contribution in [0.25, 0.3) is 0 Å². The van der Waals surface area contributed by atoms with Gasteiger partial charge in [0.05, 0.1) is 6.61 Å². The van der Waals surface area contributed by atoms with Crippen LogP contribution in [0.15, 0.2) is 67.3 Å². The number of hydrogen-bond donors (Lipinski definition) is 0. The Morgan fingerprint density at radius 3 is 2.43 bits per heavy atom. The summed E-state index contributed by atoms with van der Waals surface area (Å²) in [6.07, 6.45) is 2.85. The molecular formula is C19H22O2. The summed E-state index contributed by atoms with van der Waals surface area (Å²) < 4.78 is 10.9. The molecule has 0 heterocycles. The third-order valence-corrected chi connectivity index (χ3v) is 3.44. The monoisotopic (exact) mass is 282 g/mol. The van der Waals surface area contributed by atoms with E-state index in [1.54, 1.807) is 7.11 Å². The van der Waals surface area contributed by atoms with Crippen molar-refractivity contribution in [3.8, 4) is 5.75 Å². The van der Waals surface area contributed by atoms with Gasteiger partial charge in [0.2, 0.25) is 0 Å². The zero-order valence-corrected chi connectivity index (χ0v) is 12.5. The van der Waals surface area contributed by atoms with Crippen molar-refractivity contribution in [1.29, 1.82) is 0 Å². The van der Waals surface area contributed by atoms with Gasteiger partial charge in [-0.2, -0.15) is 0 Å². The number of ether oxygens (including phenoxy) is 2. The Morgan fingerprint density at radius 2 is 1.71 bits per heavy atom. The molecular weight excluding hydrogens is 260 g/mol. The van der Waals surface area contributed by atoms with Crippen molar-refractivity contribution in [1.82, 2.24) is 0 Å². The Hall–Kier alpha value is -2.06. The van der Waals surface area contributed by atoms with Crippen LogP contribution in [-0.2, 0) is 4.74 Å². The molecule has 2 nitrogen and oxygen atoms in total. The van der Waals surface area contributed by atoms with Crippen LogP contribution in [0.3, 0.4) is 0 Å². The molecule has 0 fully saturated rings. The molecule has 0 saturated heterocycles. The first kappa shape index (κ1) is 15.3. The molecule has 0 aliphatic carbocycles. The second kappa shape index (κ2) is 8.28. The predicted octanol–water partition coefficient (Wildman–Crippen LogP) is 4.42. The summed E-state index contributed by atoms with van der Waals surface area (Å²) in [5.74, 6) is 1.19. The number of allylic oxidation sites excluding steroid dienone is 1. The highest BCUT2D eigenvalue weighted by Crippen LogP contribution is 2.34. The Bertz CT molecular complexity index is 549. The summed E-state index contributed by atoms with van der Waals surface area (Å²) in [6, 6.07) is 18.7. The van der Waals surface area contributed by atoms with Gasteiger partial charge in [-0.1, -0.05) is 54.6 Å². The Morgan fingerprint density at radius 1 is 1.00 bits per heavy atom. The fourth-order valence-corrected chi connectivity index (χ4v) is 2.43. The minimum atomic E-state index is 0.266. The van der Waals surface area contributed by atoms with E-state index in [0.29, 0.717) is 13.2 Å². The molecule has 1 atom stereocenters. The molecule has 0 aromatic heterocycles. The normalized spacial score (nSPS) is 11.9. The lowest BCUT2D eigenvalue weighted by Crippen LogP contribution is -2.08. The quantitative estimate of drug-likeness (QED) is 0.527. The van der Waals surface area contributed by atoms with Crippen LogP contribution in [0.2, 0.25) is 0 Å². The fraction of sp³-hybridized carbons (Fsp3) is 0.263. The maximum Gasteiger partial charge on any atom is 0.123 e. The van der Waals surface area contributed by atoms with E-state index in [-0.39, 0.29) is 5.92 Å². The highest BCUT2D eigenvalue weighted by molar-refractivity contribution is 5.42. The highest BCUT2D eigenvalue weighted by Gasteiger charge is 2.16. The number of methoxy groups -OCH3 is 1. The molecule has 0 unspecified atom stereocenters. The van der Waals surface area contributed by atoms with Gasteiger partial charge >= 0.3 is 0 Å². The third-order valence-electron chi connectivity index (χ3n) is 3.44. The first-order chi connectivity index (χ1) is 10.4. The molecule has 0 radical (unpaired) electrons. The lowest BCUT2D eigenvalue weighted by atomic mass is 9.88. The van der Waals surface area contributed by atoms with Crippen molar-refractivity contribution in [2.24, 2.45) is 0 Å². The maximum absolute atomic E-state index is 5.87. The molecule has 110 valence electrons. The lowest BCUT2D eigenvalue weighted by Gasteiger charge is -2.20. The van der Waals surface area contributed by atoms with Crippen molar-refractivity contribution in [2.45, 2.75) is 12.3 Å². The van der Waals surface area contributed by atoms with Gasteiger partial charge < -0.3 is 9.47 Å². The average molecular weight is 282 g/mol. The van der Waals surface area contributed by atoms with E-state index < -0.39 is 0 Å². The van der Waals surface area contributed by atoms with E-state index in [0.717, 1.165) is 12.2 Å². The summed E-state index contributed by atoms with van der Waals surface area (Å²) >= 11 is 0. The molecule has 21 heavy (non-hydrogen) atoms. The van der Waals surface area contributed by atoms with Crippen LogP contribution >= 0.6 is 0 Å². The molecule has 0 spiro atoms. The predicted molar refractivity (Wildman–Crippen MR) is 86.9 cm³/mol. The van der Waals surface area contributed by atoms with E-state index >= 15 is 0 Å². The number of hydrogen-bond acceptors (Lipinski definition) is 2. The first-order valence-electron chi connectivity index (χ1n) is 7.23. The van der Waals surface area contributed by atoms with Crippen molar-refractivity contribution in [3.63, 3.8) is 0 Å². The standard InChI is InChI=1S/C19H22O2/c1-3-9-17(16-10-5-4-6-11-16)18-12-7-8-13-19(18)21-15-14-20-2/h3-8,10-13,17H,1,9,14-15H2,2H3/t17-/m1/s1. The van der Waals surface area contributed by atoms with Gasteiger partial charge in [0.1, 0.15) is 12.4 Å². The first-order valence-corrected chi connectivity index (χ1v) is 7.23.